The normalized spacial score (nSPS) is 19.4. The molecule has 0 bridgehead atoms. The van der Waals surface area contributed by atoms with Crippen LogP contribution in [-0.4, -0.2) is 71.5 Å². The van der Waals surface area contributed by atoms with Crippen LogP contribution in [0.2, 0.25) is 0 Å². The molecule has 0 aromatic carbocycles. The Kier molecular flexibility index (Phi) is 6.21. The van der Waals surface area contributed by atoms with Gasteiger partial charge < -0.3 is 15.0 Å². The van der Waals surface area contributed by atoms with Gasteiger partial charge >= 0.3 is 6.03 Å². The second-order valence-electron chi connectivity index (χ2n) is 5.75. The van der Waals surface area contributed by atoms with Gasteiger partial charge in [0.05, 0.1) is 18.5 Å². The number of carbonyl (C=O) groups is 1. The van der Waals surface area contributed by atoms with Crippen molar-refractivity contribution in [2.45, 2.75) is 25.8 Å². The van der Waals surface area contributed by atoms with Crippen molar-refractivity contribution < 1.29 is 9.53 Å². The number of nitrogens with one attached hydrogen (secondary N) is 1. The van der Waals surface area contributed by atoms with Gasteiger partial charge in [-0.15, -0.1) is 0 Å². The molecule has 1 unspecified atom stereocenters. The van der Waals surface area contributed by atoms with Crippen LogP contribution < -0.4 is 5.32 Å². The van der Waals surface area contributed by atoms with E-state index in [1.54, 1.807) is 24.2 Å². The Labute approximate surface area is 132 Å². The first-order valence-electron chi connectivity index (χ1n) is 7.91. The van der Waals surface area contributed by atoms with Crippen LogP contribution in [0, 0.1) is 0 Å². The van der Waals surface area contributed by atoms with E-state index in [0.29, 0.717) is 6.04 Å². The molecule has 1 N–H and O–H groups in total. The fraction of sp³-hybridized carbons (Fsp3) is 0.733. The molecule has 0 spiro atoms. The van der Waals surface area contributed by atoms with Gasteiger partial charge in [-0.2, -0.15) is 5.10 Å². The second kappa shape index (κ2) is 8.14. The van der Waals surface area contributed by atoms with Crippen LogP contribution >= 0.6 is 0 Å². The summed E-state index contributed by atoms with van der Waals surface area (Å²) in [6, 6.07) is 0.369. The van der Waals surface area contributed by atoms with E-state index in [9.17, 15) is 4.79 Å². The Bertz CT molecular complexity index is 476. The number of hydrogen-bond donors (Lipinski definition) is 1. The summed E-state index contributed by atoms with van der Waals surface area (Å²) in [5, 5.41) is 6.98. The fourth-order valence-electron chi connectivity index (χ4n) is 2.88. The zero-order valence-corrected chi connectivity index (χ0v) is 13.8. The third-order valence-electron chi connectivity index (χ3n) is 4.05. The summed E-state index contributed by atoms with van der Waals surface area (Å²) in [5.41, 5.74) is 0.737. The van der Waals surface area contributed by atoms with E-state index in [4.69, 9.17) is 4.74 Å². The van der Waals surface area contributed by atoms with Crippen molar-refractivity contribution in [1.82, 2.24) is 19.6 Å². The molecule has 1 fully saturated rings. The number of hydrogen-bond acceptors (Lipinski definition) is 4. The molecule has 22 heavy (non-hydrogen) atoms. The number of anilines is 1. The lowest BCUT2D eigenvalue weighted by molar-refractivity contribution is 0.0628. The van der Waals surface area contributed by atoms with Crippen LogP contribution in [0.5, 0.6) is 0 Å². The minimum absolute atomic E-state index is 0.0412. The monoisotopic (exact) mass is 309 g/mol. The summed E-state index contributed by atoms with van der Waals surface area (Å²) in [7, 11) is 3.56. The molecule has 2 rings (SSSR count). The highest BCUT2D eigenvalue weighted by molar-refractivity contribution is 5.89. The molecular weight excluding hydrogens is 282 g/mol. The number of piperazine rings is 1. The zero-order chi connectivity index (χ0) is 15.9. The average Bonchev–Trinajstić information content (AvgIpc) is 2.91. The molecule has 1 aliphatic rings. The van der Waals surface area contributed by atoms with Gasteiger partial charge in [-0.1, -0.05) is 13.3 Å². The first-order chi connectivity index (χ1) is 10.6. The van der Waals surface area contributed by atoms with Crippen LogP contribution in [-0.2, 0) is 11.8 Å². The van der Waals surface area contributed by atoms with Gasteiger partial charge in [0.25, 0.3) is 0 Å². The standard InChI is InChI=1S/C15H27N5O2/c1-4-5-14-12-20(7-6-19(14)8-9-22-3)15(21)17-13-10-16-18(2)11-13/h10-11,14H,4-9,12H2,1-3H3,(H,17,21). The van der Waals surface area contributed by atoms with Gasteiger partial charge in [-0.05, 0) is 6.42 Å². The summed E-state index contributed by atoms with van der Waals surface area (Å²) < 4.78 is 6.86. The molecule has 7 nitrogen and oxygen atoms in total. The summed E-state index contributed by atoms with van der Waals surface area (Å²) in [6.07, 6.45) is 5.68. The maximum Gasteiger partial charge on any atom is 0.322 e. The molecule has 0 saturated carbocycles. The third kappa shape index (κ3) is 4.45. The van der Waals surface area contributed by atoms with E-state index in [1.807, 2.05) is 11.9 Å². The van der Waals surface area contributed by atoms with E-state index < -0.39 is 0 Å². The lowest BCUT2D eigenvalue weighted by atomic mass is 10.1. The highest BCUT2D eigenvalue weighted by Gasteiger charge is 2.28. The Morgan fingerprint density at radius 2 is 2.32 bits per heavy atom. The minimum Gasteiger partial charge on any atom is -0.383 e. The summed E-state index contributed by atoms with van der Waals surface area (Å²) in [6.45, 7) is 6.26. The summed E-state index contributed by atoms with van der Waals surface area (Å²) in [5.74, 6) is 0. The number of aromatic nitrogens is 2. The van der Waals surface area contributed by atoms with E-state index in [2.05, 4.69) is 22.2 Å². The SMILES string of the molecule is CCCC1CN(C(=O)Nc2cnn(C)c2)CCN1CCOC. The Morgan fingerprint density at radius 1 is 1.50 bits per heavy atom. The number of ether oxygens (including phenoxy) is 1. The molecule has 2 heterocycles. The van der Waals surface area contributed by atoms with Crippen molar-refractivity contribution in [3.8, 4) is 0 Å². The highest BCUT2D eigenvalue weighted by Crippen LogP contribution is 2.16. The van der Waals surface area contributed by atoms with E-state index in [-0.39, 0.29) is 6.03 Å². The minimum atomic E-state index is -0.0412. The topological polar surface area (TPSA) is 62.6 Å². The predicted molar refractivity (Wildman–Crippen MR) is 85.9 cm³/mol. The first kappa shape index (κ1) is 16.8. The number of methoxy groups -OCH3 is 1. The predicted octanol–water partition coefficient (Wildman–Crippen LogP) is 1.38. The number of amides is 2. The van der Waals surface area contributed by atoms with Crippen LogP contribution in [0.25, 0.3) is 0 Å². The highest BCUT2D eigenvalue weighted by atomic mass is 16.5. The maximum atomic E-state index is 12.4. The molecule has 0 aliphatic carbocycles. The quantitative estimate of drug-likeness (QED) is 0.862. The van der Waals surface area contributed by atoms with Crippen LogP contribution in [0.4, 0.5) is 10.5 Å². The van der Waals surface area contributed by atoms with Gasteiger partial charge in [-0.3, -0.25) is 9.58 Å². The smallest absolute Gasteiger partial charge is 0.322 e. The van der Waals surface area contributed by atoms with Crippen molar-refractivity contribution in [3.63, 3.8) is 0 Å². The molecule has 0 radical (unpaired) electrons. The zero-order valence-electron chi connectivity index (χ0n) is 13.8. The van der Waals surface area contributed by atoms with Crippen molar-refractivity contribution in [3.05, 3.63) is 12.4 Å². The average molecular weight is 309 g/mol. The van der Waals surface area contributed by atoms with Gasteiger partial charge in [-0.25, -0.2) is 4.79 Å². The molecule has 1 aromatic heterocycles. The Morgan fingerprint density at radius 3 is 2.95 bits per heavy atom. The fourth-order valence-corrected chi connectivity index (χ4v) is 2.88. The first-order valence-corrected chi connectivity index (χ1v) is 7.91. The lowest BCUT2D eigenvalue weighted by Crippen LogP contribution is -2.56. The Balaban J connectivity index is 1.91. The van der Waals surface area contributed by atoms with Crippen molar-refractivity contribution in [2.75, 3.05) is 45.2 Å². The van der Waals surface area contributed by atoms with E-state index in [0.717, 1.165) is 51.3 Å². The van der Waals surface area contributed by atoms with Gasteiger partial charge in [0, 0.05) is 52.6 Å². The van der Waals surface area contributed by atoms with E-state index >= 15 is 0 Å². The molecular formula is C15H27N5O2. The second-order valence-corrected chi connectivity index (χ2v) is 5.75. The maximum absolute atomic E-state index is 12.4. The van der Waals surface area contributed by atoms with Gasteiger partial charge in [0.15, 0.2) is 0 Å². The molecule has 124 valence electrons. The van der Waals surface area contributed by atoms with Gasteiger partial charge in [0.1, 0.15) is 0 Å². The number of nitrogens with zero attached hydrogens (tertiary/aromatic N) is 4. The number of urea groups is 1. The van der Waals surface area contributed by atoms with Gasteiger partial charge in [0.2, 0.25) is 0 Å². The Hall–Kier alpha value is -1.60. The van der Waals surface area contributed by atoms with E-state index in [1.165, 1.54) is 0 Å². The molecule has 7 heteroatoms. The molecule has 1 aliphatic heterocycles. The number of aryl methyl sites for hydroxylation is 1. The third-order valence-corrected chi connectivity index (χ3v) is 4.05. The number of carbonyl (C=O) groups excluding carboxylic acids is 1. The molecule has 1 saturated heterocycles. The van der Waals surface area contributed by atoms with Crippen LogP contribution in [0.3, 0.4) is 0 Å². The lowest BCUT2D eigenvalue weighted by Gasteiger charge is -2.41. The number of rotatable bonds is 6. The van der Waals surface area contributed by atoms with Crippen molar-refractivity contribution in [1.29, 1.82) is 0 Å². The molecule has 1 aromatic rings. The van der Waals surface area contributed by atoms with Crippen molar-refractivity contribution >= 4 is 11.7 Å². The van der Waals surface area contributed by atoms with Crippen molar-refractivity contribution in [2.24, 2.45) is 7.05 Å². The summed E-state index contributed by atoms with van der Waals surface area (Å²) in [4.78, 5) is 16.7. The summed E-state index contributed by atoms with van der Waals surface area (Å²) >= 11 is 0. The molecule has 2 amide bonds. The molecule has 1 atom stereocenters. The van der Waals surface area contributed by atoms with Crippen LogP contribution in [0.15, 0.2) is 12.4 Å². The largest absolute Gasteiger partial charge is 0.383 e. The van der Waals surface area contributed by atoms with Crippen LogP contribution in [0.1, 0.15) is 19.8 Å².